The van der Waals surface area contributed by atoms with Crippen LogP contribution in [0, 0.1) is 5.82 Å². The topological polar surface area (TPSA) is 61.4 Å². The molecule has 1 heterocycles. The zero-order valence-corrected chi connectivity index (χ0v) is 11.6. The number of rotatable bonds is 4. The van der Waals surface area contributed by atoms with E-state index in [2.05, 4.69) is 10.6 Å². The molecule has 1 aliphatic rings. The van der Waals surface area contributed by atoms with E-state index >= 15 is 0 Å². The van der Waals surface area contributed by atoms with Gasteiger partial charge >= 0.3 is 0 Å². The minimum atomic E-state index is -0.516. The van der Waals surface area contributed by atoms with Crippen LogP contribution in [0.3, 0.4) is 0 Å². The quantitative estimate of drug-likeness (QED) is 0.800. The van der Waals surface area contributed by atoms with Crippen LogP contribution in [-0.2, 0) is 16.1 Å². The number of anilines is 1. The van der Waals surface area contributed by atoms with Crippen LogP contribution in [0.15, 0.2) is 18.2 Å². The van der Waals surface area contributed by atoms with Crippen LogP contribution in [0.25, 0.3) is 0 Å². The van der Waals surface area contributed by atoms with Gasteiger partial charge in [-0.3, -0.25) is 14.9 Å². The van der Waals surface area contributed by atoms with Gasteiger partial charge in [-0.05, 0) is 31.2 Å². The summed E-state index contributed by atoms with van der Waals surface area (Å²) in [4.78, 5) is 24.8. The smallest absolute Gasteiger partial charge is 0.249 e. The van der Waals surface area contributed by atoms with Crippen molar-refractivity contribution in [3.8, 4) is 0 Å². The largest absolute Gasteiger partial charge is 0.348 e. The van der Waals surface area contributed by atoms with E-state index in [1.54, 1.807) is 19.2 Å². The summed E-state index contributed by atoms with van der Waals surface area (Å²) in [5.74, 6) is -1.19. The predicted octanol–water partition coefficient (Wildman–Crippen LogP) is 0.786. The van der Waals surface area contributed by atoms with Crippen molar-refractivity contribution in [2.75, 3.05) is 18.5 Å². The molecule has 6 heteroatoms. The molecule has 2 N–H and O–H groups in total. The van der Waals surface area contributed by atoms with Crippen molar-refractivity contribution < 1.29 is 14.0 Å². The molecule has 2 rings (SSSR count). The zero-order chi connectivity index (χ0) is 14.7. The maximum Gasteiger partial charge on any atom is 0.249 e. The number of benzene rings is 1. The van der Waals surface area contributed by atoms with Crippen molar-refractivity contribution in [1.29, 1.82) is 0 Å². The minimum Gasteiger partial charge on any atom is -0.348 e. The summed E-state index contributed by atoms with van der Waals surface area (Å²) in [6.07, 6.45) is 0.511. The Balaban J connectivity index is 2.33. The van der Waals surface area contributed by atoms with Gasteiger partial charge in [-0.1, -0.05) is 13.0 Å². The molecule has 0 radical (unpaired) electrons. The first-order chi connectivity index (χ1) is 9.56. The number of nitrogens with one attached hydrogen (secondary N) is 2. The van der Waals surface area contributed by atoms with Gasteiger partial charge in [0.25, 0.3) is 0 Å². The Kier molecular flexibility index (Phi) is 4.34. The molecule has 0 aliphatic carbocycles. The van der Waals surface area contributed by atoms with E-state index < -0.39 is 17.8 Å². The number of halogens is 1. The number of carbonyl (C=O) groups is 2. The molecule has 5 nitrogen and oxygen atoms in total. The molecule has 1 saturated heterocycles. The number of hydrogen-bond donors (Lipinski definition) is 2. The number of imide groups is 1. The average molecular weight is 279 g/mol. The molecule has 1 atom stereocenters. The van der Waals surface area contributed by atoms with Crippen molar-refractivity contribution >= 4 is 17.5 Å². The Morgan fingerprint density at radius 3 is 2.80 bits per heavy atom. The third kappa shape index (κ3) is 2.80. The van der Waals surface area contributed by atoms with E-state index in [0.717, 1.165) is 5.56 Å². The van der Waals surface area contributed by atoms with Gasteiger partial charge in [-0.25, -0.2) is 4.39 Å². The third-order valence-corrected chi connectivity index (χ3v) is 3.34. The molecular weight excluding hydrogens is 261 g/mol. The van der Waals surface area contributed by atoms with Crippen LogP contribution in [-0.4, -0.2) is 31.4 Å². The molecule has 0 spiro atoms. The second-order valence-corrected chi connectivity index (χ2v) is 4.78. The summed E-state index contributed by atoms with van der Waals surface area (Å²) in [6, 6.07) is 4.32. The fourth-order valence-corrected chi connectivity index (χ4v) is 2.42. The summed E-state index contributed by atoms with van der Waals surface area (Å²) in [5, 5.41) is 5.22. The maximum atomic E-state index is 14.2. The van der Waals surface area contributed by atoms with E-state index in [4.69, 9.17) is 0 Å². The normalized spacial score (nSPS) is 19.1. The molecule has 20 heavy (non-hydrogen) atoms. The predicted molar refractivity (Wildman–Crippen MR) is 73.7 cm³/mol. The van der Waals surface area contributed by atoms with E-state index in [1.807, 2.05) is 6.92 Å². The summed E-state index contributed by atoms with van der Waals surface area (Å²) in [7, 11) is 1.78. The van der Waals surface area contributed by atoms with Crippen molar-refractivity contribution in [2.45, 2.75) is 25.9 Å². The summed E-state index contributed by atoms with van der Waals surface area (Å²) < 4.78 is 14.2. The number of piperazine rings is 1. The summed E-state index contributed by atoms with van der Waals surface area (Å²) >= 11 is 0. The standard InChI is InChI=1S/C14H18FN3O2/c1-3-11-14(20)17-13(19)8-18(11)12-5-4-9(7-16-2)6-10(12)15/h4-6,11,16H,3,7-8H2,1-2H3,(H,17,19,20). The SMILES string of the molecule is CCC1C(=O)NC(=O)CN1c1ccc(CNC)cc1F. The Morgan fingerprint density at radius 2 is 2.20 bits per heavy atom. The van der Waals surface area contributed by atoms with Gasteiger partial charge in [-0.15, -0.1) is 0 Å². The van der Waals surface area contributed by atoms with Gasteiger partial charge in [0.1, 0.15) is 11.9 Å². The van der Waals surface area contributed by atoms with Gasteiger partial charge in [0.15, 0.2) is 0 Å². The lowest BCUT2D eigenvalue weighted by Gasteiger charge is -2.35. The Hall–Kier alpha value is -1.95. The Bertz CT molecular complexity index is 533. The van der Waals surface area contributed by atoms with Gasteiger partial charge in [0.05, 0.1) is 12.2 Å². The molecule has 1 unspecified atom stereocenters. The first-order valence-electron chi connectivity index (χ1n) is 6.60. The lowest BCUT2D eigenvalue weighted by molar-refractivity contribution is -0.132. The van der Waals surface area contributed by atoms with Crippen LogP contribution in [0.4, 0.5) is 10.1 Å². The first kappa shape index (κ1) is 14.5. The highest BCUT2D eigenvalue weighted by molar-refractivity contribution is 6.04. The Morgan fingerprint density at radius 1 is 1.45 bits per heavy atom. The number of nitrogens with zero attached hydrogens (tertiary/aromatic N) is 1. The molecule has 0 bridgehead atoms. The third-order valence-electron chi connectivity index (χ3n) is 3.34. The monoisotopic (exact) mass is 279 g/mol. The van der Waals surface area contributed by atoms with E-state index in [1.165, 1.54) is 11.0 Å². The van der Waals surface area contributed by atoms with Crippen molar-refractivity contribution in [1.82, 2.24) is 10.6 Å². The number of hydrogen-bond acceptors (Lipinski definition) is 4. The Labute approximate surface area is 117 Å². The van der Waals surface area contributed by atoms with Crippen molar-refractivity contribution in [2.24, 2.45) is 0 Å². The second-order valence-electron chi connectivity index (χ2n) is 4.78. The molecule has 108 valence electrons. The van der Waals surface area contributed by atoms with Crippen LogP contribution >= 0.6 is 0 Å². The average Bonchev–Trinajstić information content (AvgIpc) is 2.38. The van der Waals surface area contributed by atoms with Gasteiger partial charge in [0.2, 0.25) is 11.8 Å². The highest BCUT2D eigenvalue weighted by Gasteiger charge is 2.33. The fourth-order valence-electron chi connectivity index (χ4n) is 2.42. The van der Waals surface area contributed by atoms with Crippen LogP contribution in [0.1, 0.15) is 18.9 Å². The summed E-state index contributed by atoms with van der Waals surface area (Å²) in [6.45, 7) is 2.39. The summed E-state index contributed by atoms with van der Waals surface area (Å²) in [5.41, 5.74) is 1.11. The van der Waals surface area contributed by atoms with Crippen LogP contribution in [0.5, 0.6) is 0 Å². The van der Waals surface area contributed by atoms with Gasteiger partial charge in [-0.2, -0.15) is 0 Å². The molecule has 0 aromatic heterocycles. The second kappa shape index (κ2) is 6.00. The van der Waals surface area contributed by atoms with Crippen LogP contribution in [0.2, 0.25) is 0 Å². The zero-order valence-electron chi connectivity index (χ0n) is 11.6. The lowest BCUT2D eigenvalue weighted by Crippen LogP contribution is -2.58. The minimum absolute atomic E-state index is 0.00740. The fraction of sp³-hybridized carbons (Fsp3) is 0.429. The van der Waals surface area contributed by atoms with Crippen molar-refractivity contribution in [3.63, 3.8) is 0 Å². The highest BCUT2D eigenvalue weighted by Crippen LogP contribution is 2.25. The number of carbonyl (C=O) groups excluding carboxylic acids is 2. The van der Waals surface area contributed by atoms with E-state index in [-0.39, 0.29) is 12.5 Å². The molecule has 0 saturated carbocycles. The van der Waals surface area contributed by atoms with E-state index in [9.17, 15) is 14.0 Å². The lowest BCUT2D eigenvalue weighted by atomic mass is 10.1. The maximum absolute atomic E-state index is 14.2. The molecular formula is C14H18FN3O2. The first-order valence-corrected chi connectivity index (χ1v) is 6.60. The molecule has 1 aromatic carbocycles. The molecule has 1 fully saturated rings. The van der Waals surface area contributed by atoms with Gasteiger partial charge in [0, 0.05) is 6.54 Å². The molecule has 2 amide bonds. The highest BCUT2D eigenvalue weighted by atomic mass is 19.1. The van der Waals surface area contributed by atoms with Crippen LogP contribution < -0.4 is 15.5 Å². The number of amides is 2. The van der Waals surface area contributed by atoms with Crippen molar-refractivity contribution in [3.05, 3.63) is 29.6 Å². The van der Waals surface area contributed by atoms with Gasteiger partial charge < -0.3 is 10.2 Å². The molecule has 1 aliphatic heterocycles. The van der Waals surface area contributed by atoms with E-state index in [0.29, 0.717) is 18.7 Å². The molecule has 1 aromatic rings.